The molecule has 4 heteroatoms. The highest BCUT2D eigenvalue weighted by molar-refractivity contribution is 9.10. The number of carboxylic acid groups (broad SMARTS) is 1. The van der Waals surface area contributed by atoms with Crippen molar-refractivity contribution in [2.45, 2.75) is 19.8 Å². The van der Waals surface area contributed by atoms with E-state index in [4.69, 9.17) is 5.11 Å². The summed E-state index contributed by atoms with van der Waals surface area (Å²) in [5.41, 5.74) is 1.43. The number of hydrogen-bond donors (Lipinski definition) is 1. The minimum atomic E-state index is -0.884. The summed E-state index contributed by atoms with van der Waals surface area (Å²) in [6.45, 7) is 4.35. The Morgan fingerprint density at radius 1 is 1.59 bits per heavy atom. The average Bonchev–Trinajstić information content (AvgIpc) is 2.77. The van der Waals surface area contributed by atoms with Gasteiger partial charge in [-0.1, -0.05) is 13.3 Å². The molecule has 0 aromatic heterocycles. The summed E-state index contributed by atoms with van der Waals surface area (Å²) in [7, 11) is 0. The van der Waals surface area contributed by atoms with Crippen molar-refractivity contribution in [3.63, 3.8) is 0 Å². The predicted octanol–water partition coefficient (Wildman–Crippen LogP) is 3.38. The fourth-order valence-electron chi connectivity index (χ4n) is 2.28. The molecule has 3 nitrogen and oxygen atoms in total. The lowest BCUT2D eigenvalue weighted by atomic mass is 10.1. The molecule has 0 amide bonds. The zero-order valence-corrected chi connectivity index (χ0v) is 11.4. The van der Waals surface area contributed by atoms with Crippen LogP contribution in [0.3, 0.4) is 0 Å². The highest BCUT2D eigenvalue weighted by Gasteiger charge is 2.22. The van der Waals surface area contributed by atoms with Crippen molar-refractivity contribution < 1.29 is 9.90 Å². The molecule has 1 unspecified atom stereocenters. The maximum Gasteiger partial charge on any atom is 0.335 e. The topological polar surface area (TPSA) is 40.5 Å². The number of benzene rings is 1. The molecule has 1 aliphatic heterocycles. The van der Waals surface area contributed by atoms with Crippen LogP contribution >= 0.6 is 15.9 Å². The van der Waals surface area contributed by atoms with Gasteiger partial charge >= 0.3 is 5.97 Å². The van der Waals surface area contributed by atoms with Gasteiger partial charge in [0.1, 0.15) is 0 Å². The van der Waals surface area contributed by atoms with Gasteiger partial charge in [0.25, 0.3) is 0 Å². The Kier molecular flexibility index (Phi) is 3.72. The van der Waals surface area contributed by atoms with Crippen molar-refractivity contribution in [2.75, 3.05) is 18.0 Å². The third-order valence-corrected chi connectivity index (χ3v) is 4.03. The van der Waals surface area contributed by atoms with Crippen molar-refractivity contribution in [3.05, 3.63) is 28.2 Å². The fourth-order valence-corrected chi connectivity index (χ4v) is 2.91. The van der Waals surface area contributed by atoms with E-state index in [0.29, 0.717) is 5.56 Å². The Morgan fingerprint density at radius 2 is 2.35 bits per heavy atom. The molecule has 0 bridgehead atoms. The van der Waals surface area contributed by atoms with Crippen LogP contribution in [0.2, 0.25) is 0 Å². The van der Waals surface area contributed by atoms with Crippen LogP contribution in [-0.2, 0) is 0 Å². The quantitative estimate of drug-likeness (QED) is 0.930. The van der Waals surface area contributed by atoms with E-state index < -0.39 is 5.97 Å². The number of anilines is 1. The van der Waals surface area contributed by atoms with E-state index >= 15 is 0 Å². The van der Waals surface area contributed by atoms with Crippen molar-refractivity contribution in [1.29, 1.82) is 0 Å². The molecule has 1 fully saturated rings. The van der Waals surface area contributed by atoms with E-state index in [1.165, 1.54) is 12.8 Å². The van der Waals surface area contributed by atoms with E-state index in [-0.39, 0.29) is 0 Å². The molecule has 0 radical (unpaired) electrons. The van der Waals surface area contributed by atoms with Crippen molar-refractivity contribution in [2.24, 2.45) is 5.92 Å². The Balaban J connectivity index is 2.20. The van der Waals surface area contributed by atoms with Crippen LogP contribution < -0.4 is 4.90 Å². The van der Waals surface area contributed by atoms with Crippen LogP contribution in [0.25, 0.3) is 0 Å². The van der Waals surface area contributed by atoms with Gasteiger partial charge in [-0.25, -0.2) is 4.79 Å². The minimum absolute atomic E-state index is 0.326. The molecule has 1 saturated heterocycles. The standard InChI is InChI=1S/C13H16BrNO2/c1-2-9-5-6-15(8-9)12-4-3-10(13(16)17)7-11(12)14/h3-4,7,9H,2,5-6,8H2,1H3,(H,16,17). The first-order valence-electron chi connectivity index (χ1n) is 5.89. The van der Waals surface area contributed by atoms with E-state index in [1.807, 2.05) is 6.07 Å². The van der Waals surface area contributed by atoms with Gasteiger partial charge in [-0.3, -0.25) is 0 Å². The molecule has 1 atom stereocenters. The normalized spacial score (nSPS) is 19.6. The molecule has 1 aromatic rings. The van der Waals surface area contributed by atoms with Crippen LogP contribution in [0.1, 0.15) is 30.1 Å². The second-order valence-electron chi connectivity index (χ2n) is 4.48. The first kappa shape index (κ1) is 12.4. The van der Waals surface area contributed by atoms with E-state index in [0.717, 1.165) is 29.2 Å². The first-order valence-corrected chi connectivity index (χ1v) is 6.69. The van der Waals surface area contributed by atoms with Gasteiger partial charge in [-0.05, 0) is 46.5 Å². The number of nitrogens with zero attached hydrogens (tertiary/aromatic N) is 1. The van der Waals surface area contributed by atoms with Gasteiger partial charge in [-0.15, -0.1) is 0 Å². The maximum atomic E-state index is 10.8. The highest BCUT2D eigenvalue weighted by Crippen LogP contribution is 2.32. The van der Waals surface area contributed by atoms with Crippen LogP contribution in [-0.4, -0.2) is 24.2 Å². The predicted molar refractivity (Wildman–Crippen MR) is 71.7 cm³/mol. The summed E-state index contributed by atoms with van der Waals surface area (Å²) >= 11 is 3.46. The Bertz CT molecular complexity index is 433. The van der Waals surface area contributed by atoms with Crippen molar-refractivity contribution in [1.82, 2.24) is 0 Å². The van der Waals surface area contributed by atoms with E-state index in [1.54, 1.807) is 12.1 Å². The largest absolute Gasteiger partial charge is 0.478 e. The maximum absolute atomic E-state index is 10.8. The molecule has 1 heterocycles. The van der Waals surface area contributed by atoms with Crippen LogP contribution in [0.5, 0.6) is 0 Å². The molecule has 0 spiro atoms. The Morgan fingerprint density at radius 3 is 2.88 bits per heavy atom. The van der Waals surface area contributed by atoms with Gasteiger partial charge in [0.15, 0.2) is 0 Å². The highest BCUT2D eigenvalue weighted by atomic mass is 79.9. The lowest BCUT2D eigenvalue weighted by Crippen LogP contribution is -2.20. The molecular formula is C13H16BrNO2. The molecule has 92 valence electrons. The summed E-state index contributed by atoms with van der Waals surface area (Å²) in [6, 6.07) is 5.24. The zero-order chi connectivity index (χ0) is 12.4. The van der Waals surface area contributed by atoms with Gasteiger partial charge in [0.05, 0.1) is 11.3 Å². The molecule has 2 rings (SSSR count). The SMILES string of the molecule is CCC1CCN(c2ccc(C(=O)O)cc2Br)C1. The molecule has 1 aliphatic rings. The number of halogens is 1. The zero-order valence-electron chi connectivity index (χ0n) is 9.82. The van der Waals surface area contributed by atoms with Crippen molar-refractivity contribution >= 4 is 27.6 Å². The number of hydrogen-bond acceptors (Lipinski definition) is 2. The Labute approximate surface area is 110 Å². The summed E-state index contributed by atoms with van der Waals surface area (Å²) in [6.07, 6.45) is 2.44. The summed E-state index contributed by atoms with van der Waals surface area (Å²) in [4.78, 5) is 13.2. The number of carboxylic acids is 1. The number of rotatable bonds is 3. The molecule has 17 heavy (non-hydrogen) atoms. The van der Waals surface area contributed by atoms with Gasteiger partial charge in [-0.2, -0.15) is 0 Å². The van der Waals surface area contributed by atoms with Crippen LogP contribution in [0, 0.1) is 5.92 Å². The monoisotopic (exact) mass is 297 g/mol. The molecule has 0 aliphatic carbocycles. The van der Waals surface area contributed by atoms with Crippen molar-refractivity contribution in [3.8, 4) is 0 Å². The number of aromatic carboxylic acids is 1. The van der Waals surface area contributed by atoms with Gasteiger partial charge in [0, 0.05) is 17.6 Å². The molecule has 1 aromatic carbocycles. The molecule has 0 saturated carbocycles. The van der Waals surface area contributed by atoms with E-state index in [9.17, 15) is 4.79 Å². The van der Waals surface area contributed by atoms with E-state index in [2.05, 4.69) is 27.8 Å². The third kappa shape index (κ3) is 2.63. The first-order chi connectivity index (χ1) is 8.11. The summed E-state index contributed by atoms with van der Waals surface area (Å²) < 4.78 is 0.870. The smallest absolute Gasteiger partial charge is 0.335 e. The fraction of sp³-hybridized carbons (Fsp3) is 0.462. The average molecular weight is 298 g/mol. The number of carbonyl (C=O) groups is 1. The second kappa shape index (κ2) is 5.08. The van der Waals surface area contributed by atoms with Crippen LogP contribution in [0.4, 0.5) is 5.69 Å². The van der Waals surface area contributed by atoms with Gasteiger partial charge < -0.3 is 10.0 Å². The summed E-state index contributed by atoms with van der Waals surface area (Å²) in [5.74, 6) is -0.119. The second-order valence-corrected chi connectivity index (χ2v) is 5.33. The molecule has 1 N–H and O–H groups in total. The molecular weight excluding hydrogens is 282 g/mol. The minimum Gasteiger partial charge on any atom is -0.478 e. The lowest BCUT2D eigenvalue weighted by molar-refractivity contribution is 0.0697. The Hall–Kier alpha value is -1.03. The van der Waals surface area contributed by atoms with Crippen LogP contribution in [0.15, 0.2) is 22.7 Å². The lowest BCUT2D eigenvalue weighted by Gasteiger charge is -2.20. The summed E-state index contributed by atoms with van der Waals surface area (Å²) in [5, 5.41) is 8.91. The third-order valence-electron chi connectivity index (χ3n) is 3.40. The van der Waals surface area contributed by atoms with Gasteiger partial charge in [0.2, 0.25) is 0 Å².